The van der Waals surface area contributed by atoms with E-state index in [1.807, 2.05) is 24.3 Å². The molecule has 0 bridgehead atoms. The van der Waals surface area contributed by atoms with Crippen molar-refractivity contribution in [3.8, 4) is 5.75 Å². The number of aryl methyl sites for hydroxylation is 1. The monoisotopic (exact) mass is 431 g/mol. The van der Waals surface area contributed by atoms with Crippen LogP contribution >= 0.6 is 0 Å². The Morgan fingerprint density at radius 3 is 2.77 bits per heavy atom. The molecule has 1 aliphatic rings. The van der Waals surface area contributed by atoms with Crippen LogP contribution in [0.4, 0.5) is 5.69 Å². The van der Waals surface area contributed by atoms with Gasteiger partial charge in [-0.25, -0.2) is 13.1 Å². The summed E-state index contributed by atoms with van der Waals surface area (Å²) in [5, 5.41) is 5.54. The van der Waals surface area contributed by atoms with Crippen LogP contribution < -0.4 is 20.1 Å². The predicted molar refractivity (Wildman–Crippen MR) is 113 cm³/mol. The molecular weight excluding hydrogens is 406 g/mol. The molecule has 1 heterocycles. The first kappa shape index (κ1) is 21.8. The van der Waals surface area contributed by atoms with Crippen molar-refractivity contribution in [3.05, 3.63) is 53.6 Å². The van der Waals surface area contributed by atoms with Crippen LogP contribution in [0.1, 0.15) is 30.4 Å². The average molecular weight is 432 g/mol. The molecule has 0 aliphatic carbocycles. The Balaban J connectivity index is 1.45. The smallest absolute Gasteiger partial charge is 0.240 e. The molecule has 0 atom stereocenters. The van der Waals surface area contributed by atoms with Crippen molar-refractivity contribution in [2.24, 2.45) is 0 Å². The second-order valence-electron chi connectivity index (χ2n) is 6.96. The number of hydrogen-bond donors (Lipinski definition) is 3. The van der Waals surface area contributed by atoms with Crippen molar-refractivity contribution >= 4 is 27.5 Å². The summed E-state index contributed by atoms with van der Waals surface area (Å²) < 4.78 is 32.8. The highest BCUT2D eigenvalue weighted by Gasteiger charge is 2.19. The zero-order valence-electron chi connectivity index (χ0n) is 16.7. The fourth-order valence-corrected chi connectivity index (χ4v) is 4.32. The Hall–Kier alpha value is -2.91. The molecule has 2 aromatic rings. The maximum absolute atomic E-state index is 12.5. The molecule has 9 heteroatoms. The highest BCUT2D eigenvalue weighted by atomic mass is 32.2. The third-order valence-corrected chi connectivity index (χ3v) is 6.28. The van der Waals surface area contributed by atoms with E-state index in [4.69, 9.17) is 4.74 Å². The molecule has 30 heavy (non-hydrogen) atoms. The Bertz CT molecular complexity index is 1040. The SMILES string of the molecule is COc1ccccc1CNC(=O)CCCNS(=O)(=O)c1ccc2c(c1)CCC(=O)N2. The molecule has 2 aromatic carbocycles. The van der Waals surface area contributed by atoms with Gasteiger partial charge in [-0.3, -0.25) is 9.59 Å². The van der Waals surface area contributed by atoms with Crippen LogP contribution in [0, 0.1) is 0 Å². The van der Waals surface area contributed by atoms with E-state index in [1.165, 1.54) is 6.07 Å². The first-order valence-electron chi connectivity index (χ1n) is 9.70. The summed E-state index contributed by atoms with van der Waals surface area (Å²) in [6, 6.07) is 12.1. The number of nitrogens with one attached hydrogen (secondary N) is 3. The van der Waals surface area contributed by atoms with E-state index in [2.05, 4.69) is 15.4 Å². The molecule has 8 nitrogen and oxygen atoms in total. The molecule has 3 N–H and O–H groups in total. The number of fused-ring (bicyclic) bond motifs is 1. The van der Waals surface area contributed by atoms with Gasteiger partial charge >= 0.3 is 0 Å². The van der Waals surface area contributed by atoms with Gasteiger partial charge in [0.15, 0.2) is 0 Å². The fraction of sp³-hybridized carbons (Fsp3) is 0.333. The number of ether oxygens (including phenoxy) is 1. The molecule has 0 radical (unpaired) electrons. The number of anilines is 1. The molecule has 0 saturated carbocycles. The highest BCUT2D eigenvalue weighted by molar-refractivity contribution is 7.89. The number of amides is 2. The lowest BCUT2D eigenvalue weighted by Crippen LogP contribution is -2.28. The first-order chi connectivity index (χ1) is 14.4. The van der Waals surface area contributed by atoms with Gasteiger partial charge in [-0.05, 0) is 42.7 Å². The molecule has 3 rings (SSSR count). The molecule has 0 spiro atoms. The summed E-state index contributed by atoms with van der Waals surface area (Å²) in [5.74, 6) is 0.472. The largest absolute Gasteiger partial charge is 0.496 e. The number of rotatable bonds is 9. The number of carbonyl (C=O) groups excluding carboxylic acids is 2. The lowest BCUT2D eigenvalue weighted by atomic mass is 10.0. The zero-order chi connectivity index (χ0) is 21.6. The minimum absolute atomic E-state index is 0.0692. The van der Waals surface area contributed by atoms with Crippen LogP contribution in [-0.2, 0) is 32.6 Å². The number of para-hydroxylation sites is 1. The molecule has 2 amide bonds. The lowest BCUT2D eigenvalue weighted by molar-refractivity contribution is -0.121. The van der Waals surface area contributed by atoms with Gasteiger partial charge in [-0.15, -0.1) is 0 Å². The minimum atomic E-state index is -3.68. The standard InChI is InChI=1S/C21H25N3O5S/c1-29-19-6-3-2-5-16(19)14-22-20(25)7-4-12-23-30(27,28)17-9-10-18-15(13-17)8-11-21(26)24-18/h2-3,5-6,9-10,13,23H,4,7-8,11-12,14H2,1H3,(H,22,25)(H,24,26). The number of methoxy groups -OCH3 is 1. The van der Waals surface area contributed by atoms with Crippen molar-refractivity contribution in [1.29, 1.82) is 0 Å². The van der Waals surface area contributed by atoms with Crippen molar-refractivity contribution in [2.75, 3.05) is 19.0 Å². The van der Waals surface area contributed by atoms with E-state index in [0.29, 0.717) is 37.2 Å². The lowest BCUT2D eigenvalue weighted by Gasteiger charge is -2.17. The summed E-state index contributed by atoms with van der Waals surface area (Å²) in [4.78, 5) is 23.6. The number of carbonyl (C=O) groups is 2. The summed E-state index contributed by atoms with van der Waals surface area (Å²) in [7, 11) is -2.11. The molecule has 0 aromatic heterocycles. The van der Waals surface area contributed by atoms with E-state index in [1.54, 1.807) is 19.2 Å². The summed E-state index contributed by atoms with van der Waals surface area (Å²) in [6.07, 6.45) is 1.43. The van der Waals surface area contributed by atoms with Gasteiger partial charge < -0.3 is 15.4 Å². The number of hydrogen-bond acceptors (Lipinski definition) is 5. The predicted octanol–water partition coefficient (Wildman–Crippen LogP) is 1.95. The highest BCUT2D eigenvalue weighted by Crippen LogP contribution is 2.25. The Labute approximate surface area is 176 Å². The minimum Gasteiger partial charge on any atom is -0.496 e. The molecule has 1 aliphatic heterocycles. The molecule has 160 valence electrons. The van der Waals surface area contributed by atoms with Gasteiger partial charge in [0, 0.05) is 37.2 Å². The van der Waals surface area contributed by atoms with Crippen LogP contribution in [0.2, 0.25) is 0 Å². The maximum atomic E-state index is 12.5. The average Bonchev–Trinajstić information content (AvgIpc) is 2.75. The van der Waals surface area contributed by atoms with Crippen LogP contribution in [0.25, 0.3) is 0 Å². The van der Waals surface area contributed by atoms with Crippen LogP contribution in [-0.4, -0.2) is 33.9 Å². The van der Waals surface area contributed by atoms with Crippen LogP contribution in [0.5, 0.6) is 5.75 Å². The van der Waals surface area contributed by atoms with Crippen molar-refractivity contribution in [1.82, 2.24) is 10.0 Å². The molecular formula is C21H25N3O5S. The zero-order valence-corrected chi connectivity index (χ0v) is 17.6. The number of sulfonamides is 1. The summed E-state index contributed by atoms with van der Waals surface area (Å²) in [6.45, 7) is 0.498. The fourth-order valence-electron chi connectivity index (χ4n) is 3.20. The van der Waals surface area contributed by atoms with E-state index < -0.39 is 10.0 Å². The number of benzene rings is 2. The molecule has 0 fully saturated rings. The molecule has 0 unspecified atom stereocenters. The topological polar surface area (TPSA) is 114 Å². The van der Waals surface area contributed by atoms with Crippen LogP contribution in [0.3, 0.4) is 0 Å². The van der Waals surface area contributed by atoms with Gasteiger partial charge in [-0.1, -0.05) is 18.2 Å². The van der Waals surface area contributed by atoms with Gasteiger partial charge in [0.2, 0.25) is 21.8 Å². The Kier molecular flexibility index (Phi) is 7.07. The molecule has 0 saturated heterocycles. The normalized spacial score (nSPS) is 13.3. The van der Waals surface area contributed by atoms with E-state index in [9.17, 15) is 18.0 Å². The summed E-state index contributed by atoms with van der Waals surface area (Å²) in [5.41, 5.74) is 2.32. The first-order valence-corrected chi connectivity index (χ1v) is 11.2. The van der Waals surface area contributed by atoms with Crippen molar-refractivity contribution in [3.63, 3.8) is 0 Å². The maximum Gasteiger partial charge on any atom is 0.240 e. The Morgan fingerprint density at radius 1 is 1.17 bits per heavy atom. The van der Waals surface area contributed by atoms with Gasteiger partial charge in [0.05, 0.1) is 12.0 Å². The second kappa shape index (κ2) is 9.73. The third-order valence-electron chi connectivity index (χ3n) is 4.82. The van der Waals surface area contributed by atoms with Crippen LogP contribution in [0.15, 0.2) is 47.4 Å². The van der Waals surface area contributed by atoms with Gasteiger partial charge in [0.25, 0.3) is 0 Å². The van der Waals surface area contributed by atoms with Gasteiger partial charge in [-0.2, -0.15) is 0 Å². The summed E-state index contributed by atoms with van der Waals surface area (Å²) >= 11 is 0. The van der Waals surface area contributed by atoms with E-state index >= 15 is 0 Å². The van der Waals surface area contributed by atoms with Crippen molar-refractivity contribution < 1.29 is 22.7 Å². The second-order valence-corrected chi connectivity index (χ2v) is 8.72. The van der Waals surface area contributed by atoms with Gasteiger partial charge in [0.1, 0.15) is 5.75 Å². The quantitative estimate of drug-likeness (QED) is 0.525. The Morgan fingerprint density at radius 2 is 1.97 bits per heavy atom. The van der Waals surface area contributed by atoms with E-state index in [0.717, 1.165) is 11.1 Å². The third kappa shape index (κ3) is 5.58. The van der Waals surface area contributed by atoms with Crippen molar-refractivity contribution in [2.45, 2.75) is 37.1 Å². The van der Waals surface area contributed by atoms with E-state index in [-0.39, 0.29) is 29.7 Å².